The van der Waals surface area contributed by atoms with Crippen LogP contribution in [0.15, 0.2) is 10.7 Å². The van der Waals surface area contributed by atoms with E-state index in [2.05, 4.69) is 25.9 Å². The van der Waals surface area contributed by atoms with Gasteiger partial charge in [0.1, 0.15) is 6.10 Å². The van der Waals surface area contributed by atoms with Crippen LogP contribution in [0.3, 0.4) is 0 Å². The van der Waals surface area contributed by atoms with Crippen LogP contribution in [0.25, 0.3) is 0 Å². The maximum absolute atomic E-state index is 10.7. The van der Waals surface area contributed by atoms with E-state index in [0.717, 1.165) is 42.7 Å². The fourth-order valence-corrected chi connectivity index (χ4v) is 2.94. The minimum Gasteiger partial charge on any atom is -0.384 e. The summed E-state index contributed by atoms with van der Waals surface area (Å²) in [7, 11) is 4.05. The maximum atomic E-state index is 10.7. The number of aliphatic hydroxyl groups is 1. The number of halogens is 1. The molecule has 19 heavy (non-hydrogen) atoms. The van der Waals surface area contributed by atoms with Crippen LogP contribution in [0.4, 0.5) is 0 Å². The summed E-state index contributed by atoms with van der Waals surface area (Å²) in [6.45, 7) is 4.32. The van der Waals surface area contributed by atoms with Gasteiger partial charge < -0.3 is 14.7 Å². The summed E-state index contributed by atoms with van der Waals surface area (Å²) in [5.74, 6) is 0. The third kappa shape index (κ3) is 3.18. The first kappa shape index (κ1) is 15.0. The van der Waals surface area contributed by atoms with E-state index in [1.165, 1.54) is 0 Å². The predicted octanol–water partition coefficient (Wildman–Crippen LogP) is 1.81. The molecule has 0 aromatic carbocycles. The molecule has 108 valence electrons. The monoisotopic (exact) mass is 331 g/mol. The zero-order valence-corrected chi connectivity index (χ0v) is 13.4. The minimum absolute atomic E-state index is 0.502. The van der Waals surface area contributed by atoms with E-state index in [1.54, 1.807) is 6.20 Å². The third-order valence-electron chi connectivity index (χ3n) is 3.68. The van der Waals surface area contributed by atoms with Crippen LogP contribution < -0.4 is 0 Å². The molecule has 0 radical (unpaired) electrons. The van der Waals surface area contributed by atoms with Crippen LogP contribution in [0, 0.1) is 0 Å². The summed E-state index contributed by atoms with van der Waals surface area (Å²) < 4.78 is 8.45. The molecule has 2 atom stereocenters. The number of aromatic nitrogens is 2. The van der Waals surface area contributed by atoms with Crippen LogP contribution in [0.1, 0.15) is 31.6 Å². The average Bonchev–Trinajstić information content (AvgIpc) is 2.93. The van der Waals surface area contributed by atoms with Crippen LogP contribution in [-0.2, 0) is 11.3 Å². The summed E-state index contributed by atoms with van der Waals surface area (Å²) >= 11 is 3.48. The molecule has 0 spiro atoms. The second-order valence-electron chi connectivity index (χ2n) is 5.57. The molecule has 2 heterocycles. The number of aliphatic hydroxyl groups excluding tert-OH is 1. The number of nitrogens with zero attached hydrogens (tertiary/aromatic N) is 3. The van der Waals surface area contributed by atoms with Crippen LogP contribution in [-0.4, -0.2) is 52.6 Å². The SMILES string of the molecule is CN(C)CCn1ncc(Br)c1C(O)C1(C)CCCO1. The summed E-state index contributed by atoms with van der Waals surface area (Å²) in [5, 5.41) is 15.0. The van der Waals surface area contributed by atoms with Gasteiger partial charge in [-0.2, -0.15) is 5.10 Å². The van der Waals surface area contributed by atoms with E-state index < -0.39 is 11.7 Å². The van der Waals surface area contributed by atoms with Gasteiger partial charge in [0.15, 0.2) is 0 Å². The standard InChI is InChI=1S/C13H22BrN3O2/c1-13(5-4-8-19-13)12(18)11-10(14)9-15-17(11)7-6-16(2)3/h9,12,18H,4-8H2,1-3H3. The van der Waals surface area contributed by atoms with Crippen molar-refractivity contribution in [2.45, 2.75) is 38.0 Å². The quantitative estimate of drug-likeness (QED) is 0.894. The fraction of sp³-hybridized carbons (Fsp3) is 0.769. The molecule has 2 unspecified atom stereocenters. The Labute approximate surface area is 122 Å². The van der Waals surface area contributed by atoms with Gasteiger partial charge in [-0.25, -0.2) is 0 Å². The van der Waals surface area contributed by atoms with Gasteiger partial charge in [0, 0.05) is 13.2 Å². The van der Waals surface area contributed by atoms with E-state index in [4.69, 9.17) is 4.74 Å². The summed E-state index contributed by atoms with van der Waals surface area (Å²) in [5.41, 5.74) is 0.310. The maximum Gasteiger partial charge on any atom is 0.125 e. The molecule has 1 aliphatic rings. The molecular weight excluding hydrogens is 310 g/mol. The summed E-state index contributed by atoms with van der Waals surface area (Å²) in [4.78, 5) is 2.10. The van der Waals surface area contributed by atoms with Gasteiger partial charge in [0.05, 0.1) is 28.5 Å². The Balaban J connectivity index is 2.20. The van der Waals surface area contributed by atoms with Gasteiger partial charge in [-0.15, -0.1) is 0 Å². The first-order chi connectivity index (χ1) is 8.94. The molecule has 0 amide bonds. The Kier molecular flexibility index (Phi) is 4.66. The van der Waals surface area contributed by atoms with Gasteiger partial charge in [-0.1, -0.05) is 0 Å². The Hall–Kier alpha value is -0.430. The lowest BCUT2D eigenvalue weighted by Crippen LogP contribution is -2.34. The molecule has 1 saturated heterocycles. The second kappa shape index (κ2) is 5.91. The lowest BCUT2D eigenvalue weighted by atomic mass is 9.93. The van der Waals surface area contributed by atoms with Crippen LogP contribution in [0.5, 0.6) is 0 Å². The molecular formula is C13H22BrN3O2. The van der Waals surface area contributed by atoms with Crippen molar-refractivity contribution in [3.05, 3.63) is 16.4 Å². The molecule has 1 aliphatic heterocycles. The van der Waals surface area contributed by atoms with Crippen LogP contribution in [0.2, 0.25) is 0 Å². The molecule has 1 N–H and O–H groups in total. The lowest BCUT2D eigenvalue weighted by Gasteiger charge is -2.30. The Morgan fingerprint density at radius 3 is 2.95 bits per heavy atom. The van der Waals surface area contributed by atoms with Crippen molar-refractivity contribution in [2.75, 3.05) is 27.2 Å². The van der Waals surface area contributed by atoms with E-state index in [-0.39, 0.29) is 0 Å². The van der Waals surface area contributed by atoms with Crippen molar-refractivity contribution >= 4 is 15.9 Å². The van der Waals surface area contributed by atoms with E-state index in [0.29, 0.717) is 0 Å². The second-order valence-corrected chi connectivity index (χ2v) is 6.43. The highest BCUT2D eigenvalue weighted by Gasteiger charge is 2.40. The van der Waals surface area contributed by atoms with Gasteiger partial charge in [-0.3, -0.25) is 4.68 Å². The first-order valence-corrected chi connectivity index (χ1v) is 7.41. The van der Waals surface area contributed by atoms with Gasteiger partial charge in [-0.05, 0) is 49.8 Å². The van der Waals surface area contributed by atoms with Gasteiger partial charge >= 0.3 is 0 Å². The van der Waals surface area contributed by atoms with Gasteiger partial charge in [0.25, 0.3) is 0 Å². The molecule has 5 nitrogen and oxygen atoms in total. The van der Waals surface area contributed by atoms with Crippen molar-refractivity contribution in [3.8, 4) is 0 Å². The highest BCUT2D eigenvalue weighted by atomic mass is 79.9. The van der Waals surface area contributed by atoms with Crippen LogP contribution >= 0.6 is 15.9 Å². The van der Waals surface area contributed by atoms with E-state index >= 15 is 0 Å². The normalized spacial score (nSPS) is 25.2. The zero-order chi connectivity index (χ0) is 14.0. The van der Waals surface area contributed by atoms with Crippen molar-refractivity contribution < 1.29 is 9.84 Å². The largest absolute Gasteiger partial charge is 0.384 e. The third-order valence-corrected chi connectivity index (χ3v) is 4.29. The molecule has 0 saturated carbocycles. The number of ether oxygens (including phenoxy) is 1. The smallest absolute Gasteiger partial charge is 0.125 e. The van der Waals surface area contributed by atoms with Crippen molar-refractivity contribution in [3.63, 3.8) is 0 Å². The molecule has 6 heteroatoms. The minimum atomic E-state index is -0.658. The molecule has 0 aliphatic carbocycles. The number of likely N-dealkylation sites (N-methyl/N-ethyl adjacent to an activating group) is 1. The Morgan fingerprint density at radius 2 is 2.37 bits per heavy atom. The van der Waals surface area contributed by atoms with Crippen molar-refractivity contribution in [1.29, 1.82) is 0 Å². The van der Waals surface area contributed by atoms with E-state index in [1.807, 2.05) is 25.7 Å². The first-order valence-electron chi connectivity index (χ1n) is 6.62. The molecule has 2 rings (SSSR count). The van der Waals surface area contributed by atoms with Gasteiger partial charge in [0.2, 0.25) is 0 Å². The predicted molar refractivity (Wildman–Crippen MR) is 77.0 cm³/mol. The highest BCUT2D eigenvalue weighted by molar-refractivity contribution is 9.10. The highest BCUT2D eigenvalue weighted by Crippen LogP contribution is 2.39. The van der Waals surface area contributed by atoms with Crippen molar-refractivity contribution in [1.82, 2.24) is 14.7 Å². The molecule has 1 fully saturated rings. The lowest BCUT2D eigenvalue weighted by molar-refractivity contribution is -0.0832. The fourth-order valence-electron chi connectivity index (χ4n) is 2.42. The summed E-state index contributed by atoms with van der Waals surface area (Å²) in [6.07, 6.45) is 2.96. The molecule has 0 bridgehead atoms. The number of rotatable bonds is 5. The van der Waals surface area contributed by atoms with E-state index in [9.17, 15) is 5.11 Å². The van der Waals surface area contributed by atoms with Crippen molar-refractivity contribution in [2.24, 2.45) is 0 Å². The summed E-state index contributed by atoms with van der Waals surface area (Å²) in [6, 6.07) is 0. The average molecular weight is 332 g/mol. The Bertz CT molecular complexity index is 428. The Morgan fingerprint density at radius 1 is 1.63 bits per heavy atom. The molecule has 1 aromatic rings. The topological polar surface area (TPSA) is 50.5 Å². The zero-order valence-electron chi connectivity index (χ0n) is 11.8. The number of hydrogen-bond donors (Lipinski definition) is 1. The number of hydrogen-bond acceptors (Lipinski definition) is 4. The molecule has 1 aromatic heterocycles.